The Morgan fingerprint density at radius 2 is 1.65 bits per heavy atom. The first-order valence-corrected chi connectivity index (χ1v) is 9.76. The maximum Gasteiger partial charge on any atom is 0.243 e. The van der Waals surface area contributed by atoms with E-state index in [0.717, 1.165) is 15.6 Å². The summed E-state index contributed by atoms with van der Waals surface area (Å²) in [5.41, 5.74) is 2.72. The molecule has 0 aliphatic rings. The van der Waals surface area contributed by atoms with E-state index >= 15 is 0 Å². The molecule has 0 bridgehead atoms. The second kappa shape index (κ2) is 8.07. The third-order valence-corrected chi connectivity index (χ3v) is 6.22. The minimum absolute atomic E-state index is 0.0308. The van der Waals surface area contributed by atoms with E-state index in [1.807, 2.05) is 19.1 Å². The zero-order valence-corrected chi connectivity index (χ0v) is 16.7. The van der Waals surface area contributed by atoms with Crippen LogP contribution in [0.1, 0.15) is 11.1 Å². The Balaban J connectivity index is 2.08. The number of amides is 1. The highest BCUT2D eigenvalue weighted by Gasteiger charge is 2.20. The van der Waals surface area contributed by atoms with Crippen molar-refractivity contribution in [1.82, 2.24) is 4.31 Å². The average Bonchev–Trinajstić information content (AvgIpc) is 2.57. The van der Waals surface area contributed by atoms with Gasteiger partial charge in [-0.05, 0) is 49.2 Å². The van der Waals surface area contributed by atoms with Gasteiger partial charge in [0.1, 0.15) is 0 Å². The van der Waals surface area contributed by atoms with Crippen LogP contribution in [0.2, 0.25) is 5.02 Å². The number of sulfonamides is 1. The molecule has 0 aliphatic carbocycles. The van der Waals surface area contributed by atoms with Crippen molar-refractivity contribution in [2.45, 2.75) is 18.7 Å². The van der Waals surface area contributed by atoms with Crippen molar-refractivity contribution in [2.75, 3.05) is 31.3 Å². The predicted octanol–water partition coefficient (Wildman–Crippen LogP) is 3.26. The molecule has 0 unspecified atom stereocenters. The summed E-state index contributed by atoms with van der Waals surface area (Å²) in [5, 5.41) is 6.30. The lowest BCUT2D eigenvalue weighted by Gasteiger charge is -2.15. The molecule has 0 aliphatic heterocycles. The lowest BCUT2D eigenvalue weighted by atomic mass is 10.2. The van der Waals surface area contributed by atoms with Crippen LogP contribution < -0.4 is 10.6 Å². The van der Waals surface area contributed by atoms with E-state index in [1.54, 1.807) is 25.1 Å². The van der Waals surface area contributed by atoms with Gasteiger partial charge in [0.05, 0.1) is 11.4 Å². The van der Waals surface area contributed by atoms with Crippen LogP contribution in [-0.2, 0) is 14.8 Å². The first-order valence-electron chi connectivity index (χ1n) is 7.94. The van der Waals surface area contributed by atoms with Gasteiger partial charge in [-0.1, -0.05) is 23.7 Å². The Morgan fingerprint density at radius 1 is 1.04 bits per heavy atom. The van der Waals surface area contributed by atoms with Gasteiger partial charge in [0.15, 0.2) is 0 Å². The van der Waals surface area contributed by atoms with Crippen LogP contribution in [0.3, 0.4) is 0 Å². The topological polar surface area (TPSA) is 78.5 Å². The molecular formula is C18H22ClN3O3S. The monoisotopic (exact) mass is 395 g/mol. The normalized spacial score (nSPS) is 11.5. The summed E-state index contributed by atoms with van der Waals surface area (Å²) in [6.45, 7) is 3.64. The standard InChI is InChI=1S/C18H22ClN3O3S/c1-12-5-7-14(9-16(12)19)20-11-18(23)21-15-8-6-13(2)17(10-15)26(24,25)22(3)4/h5-10,20H,11H2,1-4H3,(H,21,23). The molecule has 2 rings (SSSR count). The number of nitrogens with zero attached hydrogens (tertiary/aromatic N) is 1. The van der Waals surface area contributed by atoms with Crippen LogP contribution in [0, 0.1) is 13.8 Å². The van der Waals surface area contributed by atoms with Crippen LogP contribution >= 0.6 is 11.6 Å². The number of anilines is 2. The number of carbonyl (C=O) groups is 1. The van der Waals surface area contributed by atoms with E-state index < -0.39 is 10.0 Å². The molecule has 0 spiro atoms. The molecule has 0 saturated heterocycles. The number of hydrogen-bond donors (Lipinski definition) is 2. The number of nitrogens with one attached hydrogen (secondary N) is 2. The zero-order valence-electron chi connectivity index (χ0n) is 15.1. The Bertz CT molecular complexity index is 927. The number of carbonyl (C=O) groups excluding carboxylic acids is 1. The minimum Gasteiger partial charge on any atom is -0.376 e. The van der Waals surface area contributed by atoms with Crippen molar-refractivity contribution < 1.29 is 13.2 Å². The summed E-state index contributed by atoms with van der Waals surface area (Å²) in [6, 6.07) is 10.2. The molecule has 26 heavy (non-hydrogen) atoms. The van der Waals surface area contributed by atoms with Crippen LogP contribution in [-0.4, -0.2) is 39.3 Å². The maximum atomic E-state index is 12.3. The van der Waals surface area contributed by atoms with Crippen LogP contribution in [0.25, 0.3) is 0 Å². The molecule has 0 heterocycles. The van der Waals surface area contributed by atoms with E-state index in [2.05, 4.69) is 10.6 Å². The van der Waals surface area contributed by atoms with Crippen LogP contribution in [0.15, 0.2) is 41.3 Å². The van der Waals surface area contributed by atoms with E-state index in [-0.39, 0.29) is 17.3 Å². The molecule has 0 atom stereocenters. The number of benzene rings is 2. The molecule has 2 aromatic rings. The molecule has 0 fully saturated rings. The quantitative estimate of drug-likeness (QED) is 0.786. The van der Waals surface area contributed by atoms with E-state index in [1.165, 1.54) is 20.2 Å². The summed E-state index contributed by atoms with van der Waals surface area (Å²) in [7, 11) is -0.640. The number of hydrogen-bond acceptors (Lipinski definition) is 4. The first kappa shape index (κ1) is 20.2. The van der Waals surface area contributed by atoms with Gasteiger partial charge in [0.25, 0.3) is 0 Å². The average molecular weight is 396 g/mol. The Kier molecular flexibility index (Phi) is 6.28. The van der Waals surface area contributed by atoms with Gasteiger partial charge in [-0.2, -0.15) is 0 Å². The van der Waals surface area contributed by atoms with Crippen molar-refractivity contribution in [3.8, 4) is 0 Å². The molecule has 2 aromatic carbocycles. The van der Waals surface area contributed by atoms with Gasteiger partial charge < -0.3 is 10.6 Å². The van der Waals surface area contributed by atoms with Gasteiger partial charge >= 0.3 is 0 Å². The molecule has 0 saturated carbocycles. The van der Waals surface area contributed by atoms with Crippen molar-refractivity contribution in [3.63, 3.8) is 0 Å². The zero-order chi connectivity index (χ0) is 19.5. The summed E-state index contributed by atoms with van der Waals surface area (Å²) >= 11 is 6.06. The van der Waals surface area contributed by atoms with E-state index in [9.17, 15) is 13.2 Å². The fourth-order valence-electron chi connectivity index (χ4n) is 2.24. The first-order chi connectivity index (χ1) is 12.1. The lowest BCUT2D eigenvalue weighted by molar-refractivity contribution is -0.114. The summed E-state index contributed by atoms with van der Waals surface area (Å²) in [5.74, 6) is -0.293. The maximum absolute atomic E-state index is 12.3. The molecule has 2 N–H and O–H groups in total. The molecular weight excluding hydrogens is 374 g/mol. The highest BCUT2D eigenvalue weighted by molar-refractivity contribution is 7.89. The summed E-state index contributed by atoms with van der Waals surface area (Å²) < 4.78 is 25.8. The second-order valence-electron chi connectivity index (χ2n) is 6.13. The van der Waals surface area contributed by atoms with Gasteiger partial charge in [-0.15, -0.1) is 0 Å². The summed E-state index contributed by atoms with van der Waals surface area (Å²) in [4.78, 5) is 12.3. The van der Waals surface area contributed by atoms with Crippen LogP contribution in [0.5, 0.6) is 0 Å². The Morgan fingerprint density at radius 3 is 2.27 bits per heavy atom. The van der Waals surface area contributed by atoms with E-state index in [0.29, 0.717) is 16.3 Å². The van der Waals surface area contributed by atoms with E-state index in [4.69, 9.17) is 11.6 Å². The second-order valence-corrected chi connectivity index (χ2v) is 8.66. The fourth-order valence-corrected chi connectivity index (χ4v) is 3.57. The fraction of sp³-hybridized carbons (Fsp3) is 0.278. The molecule has 140 valence electrons. The molecule has 1 amide bonds. The van der Waals surface area contributed by atoms with Crippen molar-refractivity contribution in [2.24, 2.45) is 0 Å². The third kappa shape index (κ3) is 4.75. The highest BCUT2D eigenvalue weighted by atomic mass is 35.5. The van der Waals surface area contributed by atoms with Gasteiger partial charge in [0, 0.05) is 30.5 Å². The SMILES string of the molecule is Cc1ccc(NCC(=O)Nc2ccc(C)c(S(=O)(=O)N(C)C)c2)cc1Cl. The molecule has 6 nitrogen and oxygen atoms in total. The third-order valence-electron chi connectivity index (χ3n) is 3.86. The van der Waals surface area contributed by atoms with Crippen molar-refractivity contribution >= 4 is 38.9 Å². The van der Waals surface area contributed by atoms with Gasteiger partial charge in [-0.3, -0.25) is 4.79 Å². The summed E-state index contributed by atoms with van der Waals surface area (Å²) in [6.07, 6.45) is 0. The molecule has 8 heteroatoms. The smallest absolute Gasteiger partial charge is 0.243 e. The largest absolute Gasteiger partial charge is 0.376 e. The van der Waals surface area contributed by atoms with Crippen LogP contribution in [0.4, 0.5) is 11.4 Å². The van der Waals surface area contributed by atoms with Gasteiger partial charge in [-0.25, -0.2) is 12.7 Å². The highest BCUT2D eigenvalue weighted by Crippen LogP contribution is 2.23. The van der Waals surface area contributed by atoms with Crippen molar-refractivity contribution in [3.05, 3.63) is 52.5 Å². The minimum atomic E-state index is -3.58. The molecule has 0 radical (unpaired) electrons. The number of halogens is 1. The van der Waals surface area contributed by atoms with Crippen molar-refractivity contribution in [1.29, 1.82) is 0 Å². The predicted molar refractivity (Wildman–Crippen MR) is 105 cm³/mol. The number of rotatable bonds is 6. The Labute approximate surface area is 159 Å². The number of aryl methyl sites for hydroxylation is 2. The van der Waals surface area contributed by atoms with Gasteiger partial charge in [0.2, 0.25) is 15.9 Å². The lowest BCUT2D eigenvalue weighted by Crippen LogP contribution is -2.24. The Hall–Kier alpha value is -2.09. The molecule has 0 aromatic heterocycles.